The molecule has 0 amide bonds. The number of nitrogens with zero attached hydrogens (tertiary/aromatic N) is 2. The quantitative estimate of drug-likeness (QED) is 0.905. The average Bonchev–Trinajstić information content (AvgIpc) is 3.27. The van der Waals surface area contributed by atoms with Gasteiger partial charge in [0, 0.05) is 19.7 Å². The van der Waals surface area contributed by atoms with E-state index in [0.29, 0.717) is 29.1 Å². The monoisotopic (exact) mass is 297 g/mol. The third-order valence-electron chi connectivity index (χ3n) is 3.95. The van der Waals surface area contributed by atoms with Gasteiger partial charge in [0.15, 0.2) is 0 Å². The SMILES string of the molecule is O=c1c(NCC2CCCOC2)c(Cl)cnn1CC1CC1. The molecule has 0 radical (unpaired) electrons. The lowest BCUT2D eigenvalue weighted by Gasteiger charge is -2.22. The molecule has 1 unspecified atom stereocenters. The Hall–Kier alpha value is -1.07. The van der Waals surface area contributed by atoms with E-state index in [4.69, 9.17) is 16.3 Å². The van der Waals surface area contributed by atoms with Crippen molar-refractivity contribution in [3.8, 4) is 0 Å². The smallest absolute Gasteiger partial charge is 0.291 e. The van der Waals surface area contributed by atoms with E-state index < -0.39 is 0 Å². The van der Waals surface area contributed by atoms with E-state index in [1.54, 1.807) is 6.20 Å². The van der Waals surface area contributed by atoms with Gasteiger partial charge >= 0.3 is 0 Å². The number of nitrogens with one attached hydrogen (secondary N) is 1. The second kappa shape index (κ2) is 6.14. The van der Waals surface area contributed by atoms with Crippen LogP contribution in [-0.2, 0) is 11.3 Å². The molecule has 2 fully saturated rings. The summed E-state index contributed by atoms with van der Waals surface area (Å²) in [5.41, 5.74) is 0.369. The van der Waals surface area contributed by atoms with Gasteiger partial charge in [-0.1, -0.05) is 11.6 Å². The minimum Gasteiger partial charge on any atom is -0.381 e. The van der Waals surface area contributed by atoms with Crippen LogP contribution in [-0.4, -0.2) is 29.5 Å². The van der Waals surface area contributed by atoms with E-state index >= 15 is 0 Å². The molecule has 1 saturated carbocycles. The lowest BCUT2D eigenvalue weighted by atomic mass is 10.0. The van der Waals surface area contributed by atoms with Gasteiger partial charge in [-0.05, 0) is 37.5 Å². The normalized spacial score (nSPS) is 22.8. The summed E-state index contributed by atoms with van der Waals surface area (Å²) in [5, 5.41) is 7.72. The van der Waals surface area contributed by atoms with Crippen LogP contribution in [0.4, 0.5) is 5.69 Å². The zero-order valence-corrected chi connectivity index (χ0v) is 12.2. The summed E-state index contributed by atoms with van der Waals surface area (Å²) < 4.78 is 6.98. The van der Waals surface area contributed by atoms with Crippen molar-refractivity contribution in [2.45, 2.75) is 32.2 Å². The first-order valence-electron chi connectivity index (χ1n) is 7.31. The zero-order chi connectivity index (χ0) is 13.9. The molecule has 1 saturated heterocycles. The Morgan fingerprint density at radius 1 is 1.40 bits per heavy atom. The Balaban J connectivity index is 1.68. The highest BCUT2D eigenvalue weighted by molar-refractivity contribution is 6.32. The van der Waals surface area contributed by atoms with Gasteiger partial charge in [-0.15, -0.1) is 0 Å². The molecule has 1 aliphatic carbocycles. The van der Waals surface area contributed by atoms with Crippen LogP contribution >= 0.6 is 11.6 Å². The van der Waals surface area contributed by atoms with Crippen LogP contribution in [0.25, 0.3) is 0 Å². The Morgan fingerprint density at radius 3 is 2.95 bits per heavy atom. The molecule has 1 aromatic heterocycles. The number of aromatic nitrogens is 2. The summed E-state index contributed by atoms with van der Waals surface area (Å²) in [7, 11) is 0. The van der Waals surface area contributed by atoms with E-state index in [2.05, 4.69) is 10.4 Å². The van der Waals surface area contributed by atoms with Gasteiger partial charge < -0.3 is 10.1 Å². The molecule has 0 spiro atoms. The average molecular weight is 298 g/mol. The maximum atomic E-state index is 12.3. The van der Waals surface area contributed by atoms with Crippen LogP contribution < -0.4 is 10.9 Å². The van der Waals surface area contributed by atoms with Crippen molar-refractivity contribution in [3.63, 3.8) is 0 Å². The Morgan fingerprint density at radius 2 is 2.25 bits per heavy atom. The van der Waals surface area contributed by atoms with Gasteiger partial charge in [0.25, 0.3) is 5.56 Å². The van der Waals surface area contributed by atoms with Gasteiger partial charge in [0.1, 0.15) is 5.69 Å². The third-order valence-corrected chi connectivity index (χ3v) is 4.23. The van der Waals surface area contributed by atoms with Crippen LogP contribution in [0, 0.1) is 11.8 Å². The van der Waals surface area contributed by atoms with Gasteiger partial charge in [0.2, 0.25) is 0 Å². The van der Waals surface area contributed by atoms with Crippen molar-refractivity contribution in [1.29, 1.82) is 0 Å². The summed E-state index contributed by atoms with van der Waals surface area (Å²) in [6, 6.07) is 0. The predicted octanol–water partition coefficient (Wildman–Crippen LogP) is 2.15. The largest absolute Gasteiger partial charge is 0.381 e. The maximum absolute atomic E-state index is 12.3. The molecule has 110 valence electrons. The molecule has 20 heavy (non-hydrogen) atoms. The summed E-state index contributed by atoms with van der Waals surface area (Å²) in [6.07, 6.45) is 6.16. The molecular weight excluding hydrogens is 278 g/mol. The van der Waals surface area contributed by atoms with E-state index in [1.165, 1.54) is 17.5 Å². The summed E-state index contributed by atoms with van der Waals surface area (Å²) in [4.78, 5) is 12.3. The first-order valence-corrected chi connectivity index (χ1v) is 7.69. The number of halogens is 1. The summed E-state index contributed by atoms with van der Waals surface area (Å²) in [6.45, 7) is 3.03. The van der Waals surface area contributed by atoms with Crippen LogP contribution in [0.5, 0.6) is 0 Å². The van der Waals surface area contributed by atoms with E-state index in [1.807, 2.05) is 0 Å². The van der Waals surface area contributed by atoms with Crippen LogP contribution in [0.15, 0.2) is 11.0 Å². The molecule has 1 N–H and O–H groups in total. The molecule has 2 aliphatic rings. The molecule has 2 heterocycles. The minimum absolute atomic E-state index is 0.110. The van der Waals surface area contributed by atoms with Gasteiger partial charge in [-0.3, -0.25) is 4.79 Å². The molecule has 6 heteroatoms. The topological polar surface area (TPSA) is 56.1 Å². The fraction of sp³-hybridized carbons (Fsp3) is 0.714. The number of hydrogen-bond acceptors (Lipinski definition) is 4. The molecule has 3 rings (SSSR count). The lowest BCUT2D eigenvalue weighted by Crippen LogP contribution is -2.30. The maximum Gasteiger partial charge on any atom is 0.291 e. The van der Waals surface area contributed by atoms with Crippen molar-refractivity contribution >= 4 is 17.3 Å². The minimum atomic E-state index is -0.110. The van der Waals surface area contributed by atoms with Crippen molar-refractivity contribution in [2.75, 3.05) is 25.1 Å². The summed E-state index contributed by atoms with van der Waals surface area (Å²) in [5.74, 6) is 1.06. The highest BCUT2D eigenvalue weighted by Crippen LogP contribution is 2.30. The summed E-state index contributed by atoms with van der Waals surface area (Å²) >= 11 is 6.10. The van der Waals surface area contributed by atoms with Crippen molar-refractivity contribution < 1.29 is 4.74 Å². The van der Waals surface area contributed by atoms with Crippen LogP contribution in [0.3, 0.4) is 0 Å². The molecular formula is C14H20ClN3O2. The van der Waals surface area contributed by atoms with Crippen molar-refractivity contribution in [1.82, 2.24) is 9.78 Å². The predicted molar refractivity (Wildman–Crippen MR) is 78.3 cm³/mol. The van der Waals surface area contributed by atoms with Crippen molar-refractivity contribution in [2.24, 2.45) is 11.8 Å². The van der Waals surface area contributed by atoms with Crippen LogP contribution in [0.2, 0.25) is 5.02 Å². The van der Waals surface area contributed by atoms with Gasteiger partial charge in [0.05, 0.1) is 17.8 Å². The Labute approximate surface area is 123 Å². The first-order chi connectivity index (χ1) is 9.74. The van der Waals surface area contributed by atoms with E-state index in [0.717, 1.165) is 32.6 Å². The Bertz CT molecular complexity index is 522. The highest BCUT2D eigenvalue weighted by atomic mass is 35.5. The van der Waals surface area contributed by atoms with E-state index in [-0.39, 0.29) is 5.56 Å². The van der Waals surface area contributed by atoms with E-state index in [9.17, 15) is 4.79 Å². The third kappa shape index (κ3) is 3.33. The molecule has 0 bridgehead atoms. The fourth-order valence-corrected chi connectivity index (χ4v) is 2.71. The van der Waals surface area contributed by atoms with Gasteiger partial charge in [-0.2, -0.15) is 5.10 Å². The van der Waals surface area contributed by atoms with Crippen LogP contribution in [0.1, 0.15) is 25.7 Å². The number of rotatable bonds is 5. The lowest BCUT2D eigenvalue weighted by molar-refractivity contribution is 0.0595. The van der Waals surface area contributed by atoms with Crippen molar-refractivity contribution in [3.05, 3.63) is 21.6 Å². The van der Waals surface area contributed by atoms with Gasteiger partial charge in [-0.25, -0.2) is 4.68 Å². The zero-order valence-electron chi connectivity index (χ0n) is 11.5. The molecule has 0 aromatic carbocycles. The Kier molecular flexibility index (Phi) is 4.27. The fourth-order valence-electron chi connectivity index (χ4n) is 2.52. The standard InChI is InChI=1S/C14H20ClN3O2/c15-12-7-17-18(8-10-3-4-10)14(19)13(12)16-6-11-2-1-5-20-9-11/h7,10-11,16H,1-6,8-9H2. The second-order valence-corrected chi connectivity index (χ2v) is 6.17. The second-order valence-electron chi connectivity index (χ2n) is 5.76. The molecule has 5 nitrogen and oxygen atoms in total. The number of anilines is 1. The number of hydrogen-bond donors (Lipinski definition) is 1. The highest BCUT2D eigenvalue weighted by Gasteiger charge is 2.24. The first kappa shape index (κ1) is 13.9. The molecule has 1 atom stereocenters. The molecule has 1 aromatic rings. The molecule has 1 aliphatic heterocycles. The number of ether oxygens (including phenoxy) is 1.